The van der Waals surface area contributed by atoms with Gasteiger partial charge in [-0.3, -0.25) is 4.79 Å². The second-order valence-corrected chi connectivity index (χ2v) is 4.88. The molecule has 1 aliphatic rings. The second-order valence-electron chi connectivity index (χ2n) is 4.88. The standard InChI is InChI=1S/C13H22FNO/c1-3-12(16)6-4-9-15-10-5-7-13(2,14)8-11-15/h3H,1,4-11H2,2H3. The van der Waals surface area contributed by atoms with Crippen molar-refractivity contribution in [3.05, 3.63) is 12.7 Å². The van der Waals surface area contributed by atoms with E-state index in [1.54, 1.807) is 6.92 Å². The summed E-state index contributed by atoms with van der Waals surface area (Å²) >= 11 is 0. The minimum atomic E-state index is -0.994. The van der Waals surface area contributed by atoms with Crippen LogP contribution in [-0.2, 0) is 4.79 Å². The summed E-state index contributed by atoms with van der Waals surface area (Å²) in [6.45, 7) is 7.81. The summed E-state index contributed by atoms with van der Waals surface area (Å²) in [5.74, 6) is 0.102. The zero-order valence-corrected chi connectivity index (χ0v) is 10.2. The molecule has 0 saturated carbocycles. The highest BCUT2D eigenvalue weighted by molar-refractivity contribution is 5.88. The number of ketones is 1. The van der Waals surface area contributed by atoms with Gasteiger partial charge in [-0.05, 0) is 51.8 Å². The highest BCUT2D eigenvalue weighted by atomic mass is 19.1. The highest BCUT2D eigenvalue weighted by Gasteiger charge is 2.26. The lowest BCUT2D eigenvalue weighted by atomic mass is 10.0. The van der Waals surface area contributed by atoms with E-state index in [4.69, 9.17) is 0 Å². The smallest absolute Gasteiger partial charge is 0.155 e. The van der Waals surface area contributed by atoms with E-state index < -0.39 is 5.67 Å². The van der Waals surface area contributed by atoms with Crippen molar-refractivity contribution in [2.75, 3.05) is 19.6 Å². The van der Waals surface area contributed by atoms with E-state index in [-0.39, 0.29) is 5.78 Å². The molecule has 0 aromatic carbocycles. The van der Waals surface area contributed by atoms with Crippen molar-refractivity contribution in [3.63, 3.8) is 0 Å². The molecule has 0 aliphatic carbocycles. The predicted molar refractivity (Wildman–Crippen MR) is 64.2 cm³/mol. The van der Waals surface area contributed by atoms with Gasteiger partial charge in [-0.2, -0.15) is 0 Å². The Bertz CT molecular complexity index is 250. The van der Waals surface area contributed by atoms with Gasteiger partial charge in [0.25, 0.3) is 0 Å². The highest BCUT2D eigenvalue weighted by Crippen LogP contribution is 2.25. The number of alkyl halides is 1. The van der Waals surface area contributed by atoms with Crippen LogP contribution in [0.5, 0.6) is 0 Å². The summed E-state index contributed by atoms with van der Waals surface area (Å²) in [6.07, 6.45) is 4.99. The maximum atomic E-state index is 13.7. The van der Waals surface area contributed by atoms with Crippen LogP contribution in [0.25, 0.3) is 0 Å². The average Bonchev–Trinajstić information content (AvgIpc) is 2.40. The van der Waals surface area contributed by atoms with Crippen LogP contribution in [0.4, 0.5) is 4.39 Å². The summed E-state index contributed by atoms with van der Waals surface area (Å²) < 4.78 is 13.7. The Morgan fingerprint density at radius 2 is 2.25 bits per heavy atom. The first-order valence-corrected chi connectivity index (χ1v) is 6.10. The molecule has 0 aromatic heterocycles. The third-order valence-electron chi connectivity index (χ3n) is 3.25. The summed E-state index contributed by atoms with van der Waals surface area (Å²) in [4.78, 5) is 13.3. The first kappa shape index (κ1) is 13.4. The van der Waals surface area contributed by atoms with Crippen LogP contribution >= 0.6 is 0 Å². The molecule has 1 heterocycles. The first-order valence-electron chi connectivity index (χ1n) is 6.10. The Labute approximate surface area is 97.5 Å². The van der Waals surface area contributed by atoms with E-state index in [9.17, 15) is 9.18 Å². The van der Waals surface area contributed by atoms with Crippen molar-refractivity contribution >= 4 is 5.78 Å². The number of hydrogen-bond donors (Lipinski definition) is 0. The van der Waals surface area contributed by atoms with Crippen LogP contribution in [0.1, 0.15) is 39.0 Å². The van der Waals surface area contributed by atoms with E-state index in [2.05, 4.69) is 11.5 Å². The van der Waals surface area contributed by atoms with Gasteiger partial charge in [-0.1, -0.05) is 6.58 Å². The monoisotopic (exact) mass is 227 g/mol. The Hall–Kier alpha value is -0.700. The summed E-state index contributed by atoms with van der Waals surface area (Å²) in [5.41, 5.74) is -0.994. The molecule has 1 fully saturated rings. The molecule has 1 saturated heterocycles. The van der Waals surface area contributed by atoms with E-state index in [0.29, 0.717) is 19.3 Å². The molecule has 0 amide bonds. The zero-order valence-electron chi connectivity index (χ0n) is 10.2. The maximum Gasteiger partial charge on any atom is 0.155 e. The predicted octanol–water partition coefficient (Wildman–Crippen LogP) is 2.74. The molecule has 1 unspecified atom stereocenters. The Morgan fingerprint density at radius 3 is 2.94 bits per heavy atom. The molecule has 3 heteroatoms. The SMILES string of the molecule is C=CC(=O)CCCN1CCCC(C)(F)CC1. The molecule has 0 radical (unpaired) electrons. The van der Waals surface area contributed by atoms with Crippen LogP contribution in [0.15, 0.2) is 12.7 Å². The van der Waals surface area contributed by atoms with Crippen LogP contribution in [-0.4, -0.2) is 36.0 Å². The number of likely N-dealkylation sites (tertiary alicyclic amines) is 1. The van der Waals surface area contributed by atoms with E-state index in [0.717, 1.165) is 32.5 Å². The molecule has 92 valence electrons. The minimum Gasteiger partial charge on any atom is -0.303 e. The van der Waals surface area contributed by atoms with E-state index >= 15 is 0 Å². The molecular formula is C13H22FNO. The van der Waals surface area contributed by atoms with Gasteiger partial charge in [0.2, 0.25) is 0 Å². The lowest BCUT2D eigenvalue weighted by Crippen LogP contribution is -2.27. The molecule has 0 bridgehead atoms. The molecule has 0 aromatic rings. The van der Waals surface area contributed by atoms with Crippen molar-refractivity contribution < 1.29 is 9.18 Å². The number of carbonyl (C=O) groups excluding carboxylic acids is 1. The fourth-order valence-electron chi connectivity index (χ4n) is 2.10. The summed E-state index contributed by atoms with van der Waals surface area (Å²) in [7, 11) is 0. The third-order valence-corrected chi connectivity index (χ3v) is 3.25. The molecule has 0 N–H and O–H groups in total. The van der Waals surface area contributed by atoms with Gasteiger partial charge in [-0.15, -0.1) is 0 Å². The second kappa shape index (κ2) is 6.14. The van der Waals surface area contributed by atoms with Crippen molar-refractivity contribution in [3.8, 4) is 0 Å². The minimum absolute atomic E-state index is 0.102. The van der Waals surface area contributed by atoms with Gasteiger partial charge in [0.05, 0.1) is 0 Å². The summed E-state index contributed by atoms with van der Waals surface area (Å²) in [6, 6.07) is 0. The number of allylic oxidation sites excluding steroid dienone is 1. The van der Waals surface area contributed by atoms with E-state index in [1.807, 2.05) is 0 Å². The topological polar surface area (TPSA) is 20.3 Å². The van der Waals surface area contributed by atoms with Crippen LogP contribution in [0.2, 0.25) is 0 Å². The lowest BCUT2D eigenvalue weighted by Gasteiger charge is -2.20. The molecule has 16 heavy (non-hydrogen) atoms. The normalized spacial score (nSPS) is 27.4. The van der Waals surface area contributed by atoms with Gasteiger partial charge in [0.15, 0.2) is 5.78 Å². The fourth-order valence-corrected chi connectivity index (χ4v) is 2.10. The maximum absolute atomic E-state index is 13.7. The fraction of sp³-hybridized carbons (Fsp3) is 0.769. The largest absolute Gasteiger partial charge is 0.303 e. The van der Waals surface area contributed by atoms with Crippen molar-refractivity contribution in [2.24, 2.45) is 0 Å². The molecule has 1 atom stereocenters. The summed E-state index contributed by atoms with van der Waals surface area (Å²) in [5, 5.41) is 0. The van der Waals surface area contributed by atoms with Crippen LogP contribution in [0.3, 0.4) is 0 Å². The number of nitrogens with zero attached hydrogens (tertiary/aromatic N) is 1. The molecule has 1 aliphatic heterocycles. The van der Waals surface area contributed by atoms with Crippen molar-refractivity contribution in [1.29, 1.82) is 0 Å². The Balaban J connectivity index is 2.23. The molecule has 1 rings (SSSR count). The first-order chi connectivity index (χ1) is 7.53. The van der Waals surface area contributed by atoms with Crippen molar-refractivity contribution in [1.82, 2.24) is 4.90 Å². The average molecular weight is 227 g/mol. The number of carbonyl (C=O) groups is 1. The molecular weight excluding hydrogens is 205 g/mol. The molecule has 0 spiro atoms. The Kier molecular flexibility index (Phi) is 5.13. The quantitative estimate of drug-likeness (QED) is 0.673. The molecule has 2 nitrogen and oxygen atoms in total. The number of hydrogen-bond acceptors (Lipinski definition) is 2. The van der Waals surface area contributed by atoms with Gasteiger partial charge >= 0.3 is 0 Å². The van der Waals surface area contributed by atoms with Gasteiger partial charge in [0, 0.05) is 13.0 Å². The number of halogens is 1. The van der Waals surface area contributed by atoms with Crippen LogP contribution < -0.4 is 0 Å². The zero-order chi connectivity index (χ0) is 12.0. The third kappa shape index (κ3) is 4.88. The van der Waals surface area contributed by atoms with Crippen LogP contribution in [0, 0.1) is 0 Å². The van der Waals surface area contributed by atoms with Gasteiger partial charge < -0.3 is 4.90 Å². The Morgan fingerprint density at radius 1 is 1.50 bits per heavy atom. The lowest BCUT2D eigenvalue weighted by molar-refractivity contribution is -0.114. The van der Waals surface area contributed by atoms with E-state index in [1.165, 1.54) is 6.08 Å². The van der Waals surface area contributed by atoms with Gasteiger partial charge in [-0.25, -0.2) is 4.39 Å². The van der Waals surface area contributed by atoms with Crippen molar-refractivity contribution in [2.45, 2.75) is 44.7 Å². The van der Waals surface area contributed by atoms with Gasteiger partial charge in [0.1, 0.15) is 5.67 Å². The number of rotatable bonds is 5.